The maximum atomic E-state index is 12.6. The van der Waals surface area contributed by atoms with Gasteiger partial charge in [-0.25, -0.2) is 0 Å². The molecular formula is C20H29N3O2. The molecule has 1 aromatic rings. The van der Waals surface area contributed by atoms with E-state index in [-0.39, 0.29) is 17.9 Å². The molecule has 5 heteroatoms. The summed E-state index contributed by atoms with van der Waals surface area (Å²) in [5.41, 5.74) is 0.838. The van der Waals surface area contributed by atoms with Crippen LogP contribution >= 0.6 is 0 Å². The van der Waals surface area contributed by atoms with E-state index in [1.807, 2.05) is 35.2 Å². The van der Waals surface area contributed by atoms with Crippen LogP contribution in [0.3, 0.4) is 0 Å². The van der Waals surface area contributed by atoms with Crippen molar-refractivity contribution in [2.45, 2.75) is 45.1 Å². The van der Waals surface area contributed by atoms with Crippen molar-refractivity contribution in [3.63, 3.8) is 0 Å². The number of carbonyl (C=O) groups is 2. The number of carbonyl (C=O) groups excluding carboxylic acids is 2. The second-order valence-electron chi connectivity index (χ2n) is 7.12. The first-order chi connectivity index (χ1) is 12.2. The fourth-order valence-corrected chi connectivity index (χ4v) is 4.01. The van der Waals surface area contributed by atoms with E-state index in [4.69, 9.17) is 0 Å². The van der Waals surface area contributed by atoms with Crippen molar-refractivity contribution in [2.75, 3.05) is 31.5 Å². The maximum absolute atomic E-state index is 12.6. The summed E-state index contributed by atoms with van der Waals surface area (Å²) < 4.78 is 0. The van der Waals surface area contributed by atoms with Crippen molar-refractivity contribution in [2.24, 2.45) is 5.92 Å². The van der Waals surface area contributed by atoms with Gasteiger partial charge in [-0.15, -0.1) is 0 Å². The molecule has 1 N–H and O–H groups in total. The summed E-state index contributed by atoms with van der Waals surface area (Å²) in [5, 5.41) is 3.01. The minimum Gasteiger partial charge on any atom is -0.342 e. The van der Waals surface area contributed by atoms with Crippen molar-refractivity contribution in [3.8, 4) is 0 Å². The first-order valence-electron chi connectivity index (χ1n) is 9.57. The Balaban J connectivity index is 1.53. The number of benzene rings is 1. The highest BCUT2D eigenvalue weighted by atomic mass is 16.2. The second kappa shape index (κ2) is 8.48. The third kappa shape index (κ3) is 4.40. The summed E-state index contributed by atoms with van der Waals surface area (Å²) in [6, 6.07) is 9.48. The van der Waals surface area contributed by atoms with Crippen LogP contribution in [0.2, 0.25) is 0 Å². The topological polar surface area (TPSA) is 52.7 Å². The van der Waals surface area contributed by atoms with Gasteiger partial charge in [-0.1, -0.05) is 25.1 Å². The summed E-state index contributed by atoms with van der Waals surface area (Å²) in [4.78, 5) is 29.5. The van der Waals surface area contributed by atoms with E-state index in [0.29, 0.717) is 5.91 Å². The molecular weight excluding hydrogens is 314 g/mol. The van der Waals surface area contributed by atoms with E-state index in [1.54, 1.807) is 0 Å². The monoisotopic (exact) mass is 343 g/mol. The Kier molecular flexibility index (Phi) is 6.08. The maximum Gasteiger partial charge on any atom is 0.241 e. The molecule has 1 atom stereocenters. The van der Waals surface area contributed by atoms with Crippen LogP contribution in [0.25, 0.3) is 0 Å². The normalized spacial score (nSPS) is 20.4. The van der Waals surface area contributed by atoms with Crippen LogP contribution in [0.5, 0.6) is 0 Å². The Labute approximate surface area is 150 Å². The summed E-state index contributed by atoms with van der Waals surface area (Å²) in [6.07, 6.45) is 4.79. The highest BCUT2D eigenvalue weighted by Gasteiger charge is 2.33. The van der Waals surface area contributed by atoms with Crippen molar-refractivity contribution < 1.29 is 9.59 Å². The Morgan fingerprint density at radius 3 is 2.32 bits per heavy atom. The molecule has 0 unspecified atom stereocenters. The highest BCUT2D eigenvalue weighted by molar-refractivity contribution is 5.94. The number of rotatable bonds is 5. The third-order valence-corrected chi connectivity index (χ3v) is 5.47. The number of anilines is 1. The average Bonchev–Trinajstić information content (AvgIpc) is 3.18. The lowest BCUT2D eigenvalue weighted by molar-refractivity contribution is -0.136. The van der Waals surface area contributed by atoms with Crippen LogP contribution in [-0.4, -0.2) is 53.8 Å². The Hall–Kier alpha value is -1.88. The Morgan fingerprint density at radius 1 is 1.08 bits per heavy atom. The van der Waals surface area contributed by atoms with Gasteiger partial charge in [0.05, 0.1) is 6.04 Å². The van der Waals surface area contributed by atoms with Gasteiger partial charge in [-0.05, 0) is 57.3 Å². The molecule has 0 aliphatic carbocycles. The first-order valence-corrected chi connectivity index (χ1v) is 9.57. The predicted octanol–water partition coefficient (Wildman–Crippen LogP) is 2.74. The molecule has 0 bridgehead atoms. The van der Waals surface area contributed by atoms with Gasteiger partial charge in [-0.3, -0.25) is 14.5 Å². The number of nitrogens with one attached hydrogen (secondary N) is 1. The molecule has 3 rings (SSSR count). The summed E-state index contributed by atoms with van der Waals surface area (Å²) in [5.74, 6) is 0.529. The number of para-hydroxylation sites is 1. The SMILES string of the molecule is CC[C@H](C(=O)Nc1ccccc1)N1CCC(C(=O)N2CCCC2)CC1. The van der Waals surface area contributed by atoms with E-state index >= 15 is 0 Å². The number of piperidine rings is 1. The van der Waals surface area contributed by atoms with Crippen molar-refractivity contribution in [1.82, 2.24) is 9.80 Å². The largest absolute Gasteiger partial charge is 0.342 e. The molecule has 5 nitrogen and oxygen atoms in total. The molecule has 2 saturated heterocycles. The predicted molar refractivity (Wildman–Crippen MR) is 99.3 cm³/mol. The highest BCUT2D eigenvalue weighted by Crippen LogP contribution is 2.24. The molecule has 0 aromatic heterocycles. The molecule has 1 aromatic carbocycles. The quantitative estimate of drug-likeness (QED) is 0.894. The number of hydrogen-bond acceptors (Lipinski definition) is 3. The van der Waals surface area contributed by atoms with Crippen LogP contribution in [0.4, 0.5) is 5.69 Å². The molecule has 136 valence electrons. The fraction of sp³-hybridized carbons (Fsp3) is 0.600. The van der Waals surface area contributed by atoms with Crippen LogP contribution < -0.4 is 5.32 Å². The lowest BCUT2D eigenvalue weighted by Gasteiger charge is -2.37. The van der Waals surface area contributed by atoms with Crippen LogP contribution in [0.15, 0.2) is 30.3 Å². The Bertz CT molecular complexity index is 576. The van der Waals surface area contributed by atoms with Crippen molar-refractivity contribution in [1.29, 1.82) is 0 Å². The van der Waals surface area contributed by atoms with Gasteiger partial charge in [0.1, 0.15) is 0 Å². The van der Waals surface area contributed by atoms with E-state index in [1.165, 1.54) is 0 Å². The van der Waals surface area contributed by atoms with Gasteiger partial charge in [0.2, 0.25) is 11.8 Å². The summed E-state index contributed by atoms with van der Waals surface area (Å²) in [7, 11) is 0. The van der Waals surface area contributed by atoms with Gasteiger partial charge in [-0.2, -0.15) is 0 Å². The second-order valence-corrected chi connectivity index (χ2v) is 7.12. The lowest BCUT2D eigenvalue weighted by atomic mass is 9.93. The van der Waals surface area contributed by atoms with Crippen LogP contribution in [-0.2, 0) is 9.59 Å². The number of nitrogens with zero attached hydrogens (tertiary/aromatic N) is 2. The number of hydrogen-bond donors (Lipinski definition) is 1. The Morgan fingerprint density at radius 2 is 1.72 bits per heavy atom. The minimum absolute atomic E-state index is 0.0537. The van der Waals surface area contributed by atoms with E-state index in [0.717, 1.165) is 64.0 Å². The van der Waals surface area contributed by atoms with Gasteiger partial charge in [0.15, 0.2) is 0 Å². The van der Waals surface area contributed by atoms with Gasteiger partial charge < -0.3 is 10.2 Å². The zero-order chi connectivity index (χ0) is 17.6. The van der Waals surface area contributed by atoms with Crippen LogP contribution in [0, 0.1) is 5.92 Å². The molecule has 2 amide bonds. The van der Waals surface area contributed by atoms with Crippen LogP contribution in [0.1, 0.15) is 39.0 Å². The molecule has 2 aliphatic heterocycles. The van der Waals surface area contributed by atoms with Gasteiger partial charge >= 0.3 is 0 Å². The van der Waals surface area contributed by atoms with Gasteiger partial charge in [0, 0.05) is 24.7 Å². The fourth-order valence-electron chi connectivity index (χ4n) is 4.01. The summed E-state index contributed by atoms with van der Waals surface area (Å²) in [6.45, 7) is 5.55. The van der Waals surface area contributed by atoms with Gasteiger partial charge in [0.25, 0.3) is 0 Å². The zero-order valence-corrected chi connectivity index (χ0v) is 15.1. The van der Waals surface area contributed by atoms with Crippen molar-refractivity contribution in [3.05, 3.63) is 30.3 Å². The first kappa shape index (κ1) is 17.9. The van der Waals surface area contributed by atoms with E-state index in [2.05, 4.69) is 17.1 Å². The number of likely N-dealkylation sites (tertiary alicyclic amines) is 2. The number of amides is 2. The van der Waals surface area contributed by atoms with E-state index in [9.17, 15) is 9.59 Å². The van der Waals surface area contributed by atoms with E-state index < -0.39 is 0 Å². The van der Waals surface area contributed by atoms with Crippen molar-refractivity contribution >= 4 is 17.5 Å². The molecule has 0 spiro atoms. The summed E-state index contributed by atoms with van der Waals surface area (Å²) >= 11 is 0. The standard InChI is InChI=1S/C20H29N3O2/c1-2-18(19(24)21-17-8-4-3-5-9-17)22-14-10-16(11-15-22)20(25)23-12-6-7-13-23/h3-5,8-9,16,18H,2,6-7,10-15H2,1H3,(H,21,24)/t18-/m1/s1. The molecule has 25 heavy (non-hydrogen) atoms. The molecule has 2 fully saturated rings. The molecule has 2 aliphatic rings. The minimum atomic E-state index is -0.122. The zero-order valence-electron chi connectivity index (χ0n) is 15.1. The smallest absolute Gasteiger partial charge is 0.241 e. The molecule has 2 heterocycles. The molecule has 0 radical (unpaired) electrons. The lowest BCUT2D eigenvalue weighted by Crippen LogP contribution is -2.49. The average molecular weight is 343 g/mol. The third-order valence-electron chi connectivity index (χ3n) is 5.47. The molecule has 0 saturated carbocycles.